The lowest BCUT2D eigenvalue weighted by atomic mass is 9.96. The minimum Gasteiger partial charge on any atom is -0.497 e. The van der Waals surface area contributed by atoms with Crippen molar-refractivity contribution in [2.75, 3.05) is 12.4 Å². The van der Waals surface area contributed by atoms with E-state index in [-0.39, 0.29) is 11.6 Å². The fraction of sp³-hybridized carbons (Fsp3) is 0.320. The molecule has 2 aromatic carbocycles. The van der Waals surface area contributed by atoms with Crippen molar-refractivity contribution in [2.45, 2.75) is 40.2 Å². The zero-order chi connectivity index (χ0) is 21.8. The van der Waals surface area contributed by atoms with Crippen LogP contribution in [-0.4, -0.2) is 18.2 Å². The average molecular weight is 408 g/mol. The van der Waals surface area contributed by atoms with Crippen LogP contribution in [0.3, 0.4) is 0 Å². The first-order valence-electron chi connectivity index (χ1n) is 10.1. The number of nitrogens with one attached hydrogen (secondary N) is 1. The minimum atomic E-state index is -0.925. The van der Waals surface area contributed by atoms with Crippen molar-refractivity contribution in [1.82, 2.24) is 0 Å². The van der Waals surface area contributed by atoms with Gasteiger partial charge in [-0.15, -0.1) is 0 Å². The number of carboxylic acids is 1. The molecule has 3 rings (SSSR count). The third-order valence-corrected chi connectivity index (χ3v) is 5.21. The molecular formula is C25H29NO4. The standard InChI is InChI=1S/C25H29NO4/c1-15(2)12-23(26-19-8-6-18(7-9-19)25(27)28)22-14-24(30-17(22)4)21-11-10-20(29-5)13-16(21)3/h6-11,13-15,23,26H,12H2,1-5H3,(H,27,28). The Bertz CT molecular complexity index is 1020. The number of furan rings is 1. The zero-order valence-corrected chi connectivity index (χ0v) is 18.2. The predicted octanol–water partition coefficient (Wildman–Crippen LogP) is 6.47. The van der Waals surface area contributed by atoms with E-state index in [1.807, 2.05) is 32.0 Å². The molecule has 0 radical (unpaired) electrons. The number of rotatable bonds is 8. The molecule has 3 aromatic rings. The first-order valence-corrected chi connectivity index (χ1v) is 10.1. The Morgan fingerprint density at radius 2 is 1.80 bits per heavy atom. The highest BCUT2D eigenvalue weighted by Crippen LogP contribution is 2.35. The van der Waals surface area contributed by atoms with Gasteiger partial charge < -0.3 is 19.6 Å². The number of aryl methyl sites for hydroxylation is 2. The molecular weight excluding hydrogens is 378 g/mol. The fourth-order valence-corrected chi connectivity index (χ4v) is 3.66. The lowest BCUT2D eigenvalue weighted by Gasteiger charge is -2.21. The Morgan fingerprint density at radius 3 is 2.37 bits per heavy atom. The Labute approximate surface area is 177 Å². The second-order valence-corrected chi connectivity index (χ2v) is 8.01. The Kier molecular flexibility index (Phi) is 6.50. The molecule has 1 unspecified atom stereocenters. The van der Waals surface area contributed by atoms with Gasteiger partial charge in [-0.05, 0) is 80.3 Å². The van der Waals surface area contributed by atoms with Gasteiger partial charge >= 0.3 is 5.97 Å². The molecule has 1 atom stereocenters. The molecule has 158 valence electrons. The van der Waals surface area contributed by atoms with Crippen molar-refractivity contribution in [2.24, 2.45) is 5.92 Å². The molecule has 0 fully saturated rings. The van der Waals surface area contributed by atoms with Gasteiger partial charge in [0.25, 0.3) is 0 Å². The lowest BCUT2D eigenvalue weighted by molar-refractivity contribution is 0.0697. The van der Waals surface area contributed by atoms with Crippen molar-refractivity contribution in [3.8, 4) is 17.1 Å². The molecule has 5 nitrogen and oxygen atoms in total. The molecule has 1 aromatic heterocycles. The van der Waals surface area contributed by atoms with E-state index < -0.39 is 5.97 Å². The Morgan fingerprint density at radius 1 is 1.10 bits per heavy atom. The van der Waals surface area contributed by atoms with E-state index in [0.29, 0.717) is 5.92 Å². The third kappa shape index (κ3) is 4.85. The van der Waals surface area contributed by atoms with Gasteiger partial charge in [0.1, 0.15) is 17.3 Å². The van der Waals surface area contributed by atoms with Crippen molar-refractivity contribution in [3.05, 3.63) is 71.0 Å². The molecule has 2 N–H and O–H groups in total. The normalized spacial score (nSPS) is 12.1. The molecule has 0 amide bonds. The summed E-state index contributed by atoms with van der Waals surface area (Å²) in [6.07, 6.45) is 0.919. The number of hydrogen-bond donors (Lipinski definition) is 2. The van der Waals surface area contributed by atoms with Crippen molar-refractivity contribution < 1.29 is 19.1 Å². The number of carboxylic acid groups (broad SMARTS) is 1. The highest BCUT2D eigenvalue weighted by atomic mass is 16.5. The molecule has 0 aliphatic carbocycles. The van der Waals surface area contributed by atoms with Gasteiger partial charge in [-0.1, -0.05) is 13.8 Å². The van der Waals surface area contributed by atoms with Crippen LogP contribution in [0.5, 0.6) is 5.75 Å². The van der Waals surface area contributed by atoms with Gasteiger partial charge in [-0.25, -0.2) is 4.79 Å². The Balaban J connectivity index is 1.92. The number of methoxy groups -OCH3 is 1. The Hall–Kier alpha value is -3.21. The highest BCUT2D eigenvalue weighted by Gasteiger charge is 2.21. The number of ether oxygens (including phenoxy) is 1. The average Bonchev–Trinajstić information content (AvgIpc) is 3.08. The number of benzene rings is 2. The summed E-state index contributed by atoms with van der Waals surface area (Å²) in [4.78, 5) is 11.1. The number of carbonyl (C=O) groups is 1. The first kappa shape index (κ1) is 21.5. The summed E-state index contributed by atoms with van der Waals surface area (Å²) in [6.45, 7) is 8.40. The maximum Gasteiger partial charge on any atom is 0.335 e. The molecule has 0 aliphatic rings. The van der Waals surface area contributed by atoms with Crippen LogP contribution < -0.4 is 10.1 Å². The van der Waals surface area contributed by atoms with Crippen LogP contribution in [0.2, 0.25) is 0 Å². The summed E-state index contributed by atoms with van der Waals surface area (Å²) >= 11 is 0. The second-order valence-electron chi connectivity index (χ2n) is 8.01. The first-order chi connectivity index (χ1) is 14.3. The number of anilines is 1. The maximum atomic E-state index is 11.1. The van der Waals surface area contributed by atoms with Gasteiger partial charge in [-0.3, -0.25) is 0 Å². The molecule has 1 heterocycles. The van der Waals surface area contributed by atoms with Gasteiger partial charge in [0, 0.05) is 16.8 Å². The molecule has 0 bridgehead atoms. The van der Waals surface area contributed by atoms with E-state index in [0.717, 1.165) is 46.1 Å². The van der Waals surface area contributed by atoms with Gasteiger partial charge in [0.2, 0.25) is 0 Å². The SMILES string of the molecule is COc1ccc(-c2cc(C(CC(C)C)Nc3ccc(C(=O)O)cc3)c(C)o2)c(C)c1. The van der Waals surface area contributed by atoms with Crippen LogP contribution in [-0.2, 0) is 0 Å². The third-order valence-electron chi connectivity index (χ3n) is 5.21. The molecule has 0 saturated carbocycles. The van der Waals surface area contributed by atoms with Crippen LogP contribution in [0.1, 0.15) is 53.6 Å². The fourth-order valence-electron chi connectivity index (χ4n) is 3.66. The summed E-state index contributed by atoms with van der Waals surface area (Å²) in [7, 11) is 1.66. The van der Waals surface area contributed by atoms with Crippen molar-refractivity contribution in [1.29, 1.82) is 0 Å². The summed E-state index contributed by atoms with van der Waals surface area (Å²) < 4.78 is 11.5. The van der Waals surface area contributed by atoms with E-state index in [9.17, 15) is 4.79 Å². The molecule has 5 heteroatoms. The maximum absolute atomic E-state index is 11.1. The largest absolute Gasteiger partial charge is 0.497 e. The summed E-state index contributed by atoms with van der Waals surface area (Å²) in [5.41, 5.74) is 4.40. The molecule has 0 aliphatic heterocycles. The predicted molar refractivity (Wildman–Crippen MR) is 119 cm³/mol. The smallest absolute Gasteiger partial charge is 0.335 e. The quantitative estimate of drug-likeness (QED) is 0.448. The van der Waals surface area contributed by atoms with E-state index in [1.54, 1.807) is 31.4 Å². The van der Waals surface area contributed by atoms with E-state index in [2.05, 4.69) is 25.2 Å². The minimum absolute atomic E-state index is 0.0525. The van der Waals surface area contributed by atoms with Crippen LogP contribution in [0.25, 0.3) is 11.3 Å². The second kappa shape index (κ2) is 9.08. The van der Waals surface area contributed by atoms with E-state index >= 15 is 0 Å². The summed E-state index contributed by atoms with van der Waals surface area (Å²) in [6, 6.07) is 15.0. The topological polar surface area (TPSA) is 71.7 Å². The van der Waals surface area contributed by atoms with Gasteiger partial charge in [0.05, 0.1) is 18.7 Å². The van der Waals surface area contributed by atoms with Gasteiger partial charge in [0.15, 0.2) is 0 Å². The van der Waals surface area contributed by atoms with Crippen LogP contribution in [0.15, 0.2) is 52.9 Å². The number of aromatic carboxylic acids is 1. The van der Waals surface area contributed by atoms with Crippen molar-refractivity contribution >= 4 is 11.7 Å². The summed E-state index contributed by atoms with van der Waals surface area (Å²) in [5, 5.41) is 12.7. The van der Waals surface area contributed by atoms with Gasteiger partial charge in [-0.2, -0.15) is 0 Å². The monoisotopic (exact) mass is 407 g/mol. The van der Waals surface area contributed by atoms with Crippen LogP contribution >= 0.6 is 0 Å². The lowest BCUT2D eigenvalue weighted by Crippen LogP contribution is -2.13. The molecule has 0 saturated heterocycles. The van der Waals surface area contributed by atoms with E-state index in [1.165, 1.54) is 0 Å². The van der Waals surface area contributed by atoms with Crippen LogP contribution in [0.4, 0.5) is 5.69 Å². The number of hydrogen-bond acceptors (Lipinski definition) is 4. The molecule has 0 spiro atoms. The van der Waals surface area contributed by atoms with Crippen molar-refractivity contribution in [3.63, 3.8) is 0 Å². The van der Waals surface area contributed by atoms with Crippen LogP contribution in [0, 0.1) is 19.8 Å². The summed E-state index contributed by atoms with van der Waals surface area (Å²) in [5.74, 6) is 2.08. The zero-order valence-electron chi connectivity index (χ0n) is 18.2. The molecule has 30 heavy (non-hydrogen) atoms. The highest BCUT2D eigenvalue weighted by molar-refractivity contribution is 5.88. The van der Waals surface area contributed by atoms with E-state index in [4.69, 9.17) is 14.3 Å².